The number of rotatable bonds is 6. The van der Waals surface area contributed by atoms with Gasteiger partial charge >= 0.3 is 6.18 Å². The molecule has 1 saturated heterocycles. The molecule has 2 aromatic rings. The minimum absolute atomic E-state index is 0.0554. The molecule has 1 aliphatic heterocycles. The Labute approximate surface area is 169 Å². The van der Waals surface area contributed by atoms with Crippen LogP contribution in [0.25, 0.3) is 0 Å². The van der Waals surface area contributed by atoms with Crippen LogP contribution in [0.1, 0.15) is 24.4 Å². The second kappa shape index (κ2) is 8.23. The number of morpholine rings is 1. The van der Waals surface area contributed by atoms with Crippen LogP contribution in [0.3, 0.4) is 0 Å². The van der Waals surface area contributed by atoms with Crippen molar-refractivity contribution >= 4 is 29.3 Å². The number of thioether (sulfide) groups is 1. The summed E-state index contributed by atoms with van der Waals surface area (Å²) in [7, 11) is 0. The number of alkyl halides is 3. The molecule has 2 aliphatic rings. The summed E-state index contributed by atoms with van der Waals surface area (Å²) in [5, 5.41) is 11.5. The number of carbonyl (C=O) groups is 1. The molecule has 0 unspecified atom stereocenters. The number of carbonyl (C=O) groups excluding carboxylic acids is 1. The lowest BCUT2D eigenvalue weighted by molar-refractivity contribution is -0.137. The van der Waals surface area contributed by atoms with E-state index in [1.54, 1.807) is 0 Å². The van der Waals surface area contributed by atoms with Crippen molar-refractivity contribution in [1.29, 1.82) is 0 Å². The molecule has 4 rings (SSSR count). The predicted octanol–water partition coefficient (Wildman–Crippen LogP) is 3.20. The predicted molar refractivity (Wildman–Crippen MR) is 102 cm³/mol. The highest BCUT2D eigenvalue weighted by atomic mass is 32.2. The molecule has 1 N–H and O–H groups in total. The molecule has 7 nitrogen and oxygen atoms in total. The lowest BCUT2D eigenvalue weighted by Crippen LogP contribution is -2.38. The standard InChI is InChI=1S/C18H20F3N5O2S/c19-18(20,21)13-3-1-2-4-14(13)22-15(27)11-29-17-24-23-16(26(17)12-5-6-12)25-7-9-28-10-8-25/h1-4,12H,5-11H2,(H,22,27). The number of amides is 1. The van der Waals surface area contributed by atoms with Crippen molar-refractivity contribution in [3.8, 4) is 0 Å². The second-order valence-electron chi connectivity index (χ2n) is 6.86. The molecule has 2 fully saturated rings. The minimum atomic E-state index is -4.53. The van der Waals surface area contributed by atoms with Crippen LogP contribution < -0.4 is 10.2 Å². The Balaban J connectivity index is 1.43. The molecule has 0 atom stereocenters. The van der Waals surface area contributed by atoms with Gasteiger partial charge in [0.2, 0.25) is 11.9 Å². The SMILES string of the molecule is O=C(CSc1nnc(N2CCOCC2)n1C1CC1)Nc1ccccc1C(F)(F)F. The summed E-state index contributed by atoms with van der Waals surface area (Å²) in [6, 6.07) is 5.24. The van der Waals surface area contributed by atoms with Crippen LogP contribution in [0.5, 0.6) is 0 Å². The van der Waals surface area contributed by atoms with Crippen molar-refractivity contribution in [3.63, 3.8) is 0 Å². The number of nitrogens with zero attached hydrogens (tertiary/aromatic N) is 4. The largest absolute Gasteiger partial charge is 0.418 e. The number of anilines is 2. The van der Waals surface area contributed by atoms with Gasteiger partial charge < -0.3 is 15.0 Å². The summed E-state index contributed by atoms with van der Waals surface area (Å²) in [6.07, 6.45) is -2.49. The number of ether oxygens (including phenoxy) is 1. The zero-order chi connectivity index (χ0) is 20.4. The smallest absolute Gasteiger partial charge is 0.378 e. The van der Waals surface area contributed by atoms with Crippen molar-refractivity contribution in [1.82, 2.24) is 14.8 Å². The highest BCUT2D eigenvalue weighted by Gasteiger charge is 2.34. The first-order chi connectivity index (χ1) is 13.9. The maximum absolute atomic E-state index is 13.1. The number of hydrogen-bond acceptors (Lipinski definition) is 6. The number of hydrogen-bond donors (Lipinski definition) is 1. The third-order valence-corrected chi connectivity index (χ3v) is 5.63. The van der Waals surface area contributed by atoms with Gasteiger partial charge in [0.1, 0.15) is 0 Å². The summed E-state index contributed by atoms with van der Waals surface area (Å²) in [6.45, 7) is 2.70. The van der Waals surface area contributed by atoms with Crippen LogP contribution in [0.2, 0.25) is 0 Å². The third kappa shape index (κ3) is 4.67. The first-order valence-electron chi connectivity index (χ1n) is 9.30. The van der Waals surface area contributed by atoms with Crippen LogP contribution in [-0.4, -0.2) is 52.7 Å². The Bertz CT molecular complexity index is 879. The maximum Gasteiger partial charge on any atom is 0.418 e. The third-order valence-electron chi connectivity index (χ3n) is 4.69. The molecule has 1 aliphatic carbocycles. The highest BCUT2D eigenvalue weighted by molar-refractivity contribution is 7.99. The zero-order valence-electron chi connectivity index (χ0n) is 15.5. The Morgan fingerprint density at radius 3 is 2.62 bits per heavy atom. The molecular weight excluding hydrogens is 407 g/mol. The number of aromatic nitrogens is 3. The molecule has 1 aromatic heterocycles. The molecule has 2 heterocycles. The Morgan fingerprint density at radius 2 is 1.93 bits per heavy atom. The normalized spacial score (nSPS) is 17.4. The average molecular weight is 427 g/mol. The van der Waals surface area contributed by atoms with Crippen molar-refractivity contribution in [2.45, 2.75) is 30.2 Å². The summed E-state index contributed by atoms with van der Waals surface area (Å²) in [4.78, 5) is 14.4. The molecular formula is C18H20F3N5O2S. The topological polar surface area (TPSA) is 72.3 Å². The fraction of sp³-hybridized carbons (Fsp3) is 0.500. The summed E-state index contributed by atoms with van der Waals surface area (Å²) < 4.78 is 46.7. The van der Waals surface area contributed by atoms with Crippen molar-refractivity contribution < 1.29 is 22.7 Å². The second-order valence-corrected chi connectivity index (χ2v) is 7.81. The lowest BCUT2D eigenvalue weighted by Gasteiger charge is -2.27. The van der Waals surface area contributed by atoms with Crippen molar-refractivity contribution in [2.75, 3.05) is 42.3 Å². The average Bonchev–Trinajstić information content (AvgIpc) is 3.45. The van der Waals surface area contributed by atoms with E-state index in [4.69, 9.17) is 4.74 Å². The van der Waals surface area contributed by atoms with Gasteiger partial charge in [-0.25, -0.2) is 0 Å². The van der Waals surface area contributed by atoms with Crippen LogP contribution in [0, 0.1) is 0 Å². The van der Waals surface area contributed by atoms with E-state index in [1.807, 2.05) is 4.57 Å². The van der Waals surface area contributed by atoms with E-state index in [-0.39, 0.29) is 11.4 Å². The number of para-hydroxylation sites is 1. The van der Waals surface area contributed by atoms with Crippen molar-refractivity contribution in [2.24, 2.45) is 0 Å². The Hall–Kier alpha value is -2.27. The molecule has 29 heavy (non-hydrogen) atoms. The number of nitrogens with one attached hydrogen (secondary N) is 1. The van der Waals surface area contributed by atoms with E-state index >= 15 is 0 Å². The monoisotopic (exact) mass is 427 g/mol. The van der Waals surface area contributed by atoms with Gasteiger partial charge in [0.05, 0.1) is 30.2 Å². The van der Waals surface area contributed by atoms with Gasteiger partial charge in [-0.1, -0.05) is 23.9 Å². The van der Waals surface area contributed by atoms with E-state index < -0.39 is 17.6 Å². The Kier molecular flexibility index (Phi) is 5.68. The highest BCUT2D eigenvalue weighted by Crippen LogP contribution is 2.41. The van der Waals surface area contributed by atoms with Crippen LogP contribution in [-0.2, 0) is 15.7 Å². The van der Waals surface area contributed by atoms with Gasteiger partial charge in [-0.05, 0) is 25.0 Å². The van der Waals surface area contributed by atoms with Gasteiger partial charge in [0.25, 0.3) is 0 Å². The molecule has 0 radical (unpaired) electrons. The van der Waals surface area contributed by atoms with Crippen LogP contribution >= 0.6 is 11.8 Å². The fourth-order valence-corrected chi connectivity index (χ4v) is 3.96. The zero-order valence-corrected chi connectivity index (χ0v) is 16.3. The molecule has 11 heteroatoms. The van der Waals surface area contributed by atoms with Gasteiger partial charge in [0.15, 0.2) is 5.16 Å². The summed E-state index contributed by atoms with van der Waals surface area (Å²) >= 11 is 1.18. The fourth-order valence-electron chi connectivity index (χ4n) is 3.15. The summed E-state index contributed by atoms with van der Waals surface area (Å²) in [5.41, 5.74) is -1.11. The summed E-state index contributed by atoms with van der Waals surface area (Å²) in [5.74, 6) is 0.186. The van der Waals surface area contributed by atoms with E-state index in [1.165, 1.54) is 30.0 Å². The molecule has 1 amide bonds. The maximum atomic E-state index is 13.1. The van der Waals surface area contributed by atoms with E-state index in [9.17, 15) is 18.0 Å². The van der Waals surface area contributed by atoms with Gasteiger partial charge in [-0.2, -0.15) is 13.2 Å². The minimum Gasteiger partial charge on any atom is -0.378 e. The van der Waals surface area contributed by atoms with Gasteiger partial charge in [0, 0.05) is 19.1 Å². The van der Waals surface area contributed by atoms with E-state index in [0.717, 1.165) is 37.9 Å². The molecule has 156 valence electrons. The van der Waals surface area contributed by atoms with Gasteiger partial charge in [-0.15, -0.1) is 10.2 Å². The van der Waals surface area contributed by atoms with E-state index in [2.05, 4.69) is 20.4 Å². The first kappa shape index (κ1) is 20.0. The molecule has 0 bridgehead atoms. The first-order valence-corrected chi connectivity index (χ1v) is 10.3. The quantitative estimate of drug-likeness (QED) is 0.714. The Morgan fingerprint density at radius 1 is 1.21 bits per heavy atom. The van der Waals surface area contributed by atoms with Crippen LogP contribution in [0.15, 0.2) is 29.4 Å². The molecule has 1 aromatic carbocycles. The molecule has 1 saturated carbocycles. The van der Waals surface area contributed by atoms with Gasteiger partial charge in [-0.3, -0.25) is 9.36 Å². The van der Waals surface area contributed by atoms with E-state index in [0.29, 0.717) is 24.4 Å². The van der Waals surface area contributed by atoms with Crippen LogP contribution in [0.4, 0.5) is 24.8 Å². The molecule has 0 spiro atoms. The lowest BCUT2D eigenvalue weighted by atomic mass is 10.1. The van der Waals surface area contributed by atoms with Crippen molar-refractivity contribution in [3.05, 3.63) is 29.8 Å². The number of benzene rings is 1. The number of halogens is 3.